The topological polar surface area (TPSA) is 64.1 Å². The highest BCUT2D eigenvalue weighted by Crippen LogP contribution is 2.29. The van der Waals surface area contributed by atoms with Gasteiger partial charge in [0.05, 0.1) is 5.56 Å². The number of fused-ring (bicyclic) bond motifs is 1. The van der Waals surface area contributed by atoms with E-state index in [2.05, 4.69) is 36.3 Å². The smallest absolute Gasteiger partial charge is 0.251 e. The first-order valence-corrected chi connectivity index (χ1v) is 7.07. The van der Waals surface area contributed by atoms with Gasteiger partial charge in [-0.1, -0.05) is 18.2 Å². The minimum absolute atomic E-state index is 0.0869. The predicted octanol–water partition coefficient (Wildman–Crippen LogP) is 3.41. The lowest BCUT2D eigenvalue weighted by molar-refractivity contribution is 0.412. The highest BCUT2D eigenvalue weighted by molar-refractivity contribution is 5.91. The van der Waals surface area contributed by atoms with Crippen LogP contribution in [0.4, 0.5) is 0 Å². The third kappa shape index (κ3) is 3.13. The van der Waals surface area contributed by atoms with Gasteiger partial charge < -0.3 is 14.2 Å². The summed E-state index contributed by atoms with van der Waals surface area (Å²) in [6.45, 7) is 7.19. The lowest BCUT2D eigenvalue weighted by Crippen LogP contribution is -2.37. The molecular weight excluding hydrogens is 266 g/mol. The van der Waals surface area contributed by atoms with Gasteiger partial charge in [0.15, 0.2) is 0 Å². The zero-order valence-corrected chi connectivity index (χ0v) is 12.5. The monoisotopic (exact) mass is 285 g/mol. The molecule has 0 spiro atoms. The van der Waals surface area contributed by atoms with Crippen molar-refractivity contribution in [1.82, 2.24) is 15.5 Å². The van der Waals surface area contributed by atoms with Gasteiger partial charge in [-0.3, -0.25) is 0 Å². The number of nitrogens with one attached hydrogen (secondary N) is 1. The van der Waals surface area contributed by atoms with Crippen LogP contribution in [0.5, 0.6) is 0 Å². The Hall–Kier alpha value is -2.14. The van der Waals surface area contributed by atoms with E-state index < -0.39 is 0 Å². The van der Waals surface area contributed by atoms with E-state index >= 15 is 0 Å². The molecule has 21 heavy (non-hydrogen) atoms. The van der Waals surface area contributed by atoms with Crippen molar-refractivity contribution in [3.63, 3.8) is 0 Å². The average Bonchev–Trinajstić information content (AvgIpc) is 3.03. The molecule has 5 heteroatoms. The number of hydrogen-bond donors (Lipinski definition) is 1. The Balaban J connectivity index is 1.76. The van der Waals surface area contributed by atoms with Crippen LogP contribution in [-0.2, 0) is 6.42 Å². The standard InChI is InChI=1S/C16H19N3O2/c1-16(2,3)17-9-8-14-18-19-15(21-14)12-10-20-13-7-5-4-6-11(12)13/h4-7,10,17H,8-9H2,1-3H3. The zero-order valence-electron chi connectivity index (χ0n) is 12.5. The van der Waals surface area contributed by atoms with Gasteiger partial charge in [0.1, 0.15) is 11.8 Å². The van der Waals surface area contributed by atoms with Crippen molar-refractivity contribution in [2.24, 2.45) is 0 Å². The number of nitrogens with zero attached hydrogens (tertiary/aromatic N) is 2. The number of hydrogen-bond acceptors (Lipinski definition) is 5. The minimum atomic E-state index is 0.0869. The summed E-state index contributed by atoms with van der Waals surface area (Å²) >= 11 is 0. The molecule has 2 aromatic heterocycles. The lowest BCUT2D eigenvalue weighted by atomic mass is 10.1. The zero-order chi connectivity index (χ0) is 14.9. The van der Waals surface area contributed by atoms with E-state index in [9.17, 15) is 0 Å². The van der Waals surface area contributed by atoms with Gasteiger partial charge in [0, 0.05) is 23.9 Å². The van der Waals surface area contributed by atoms with Gasteiger partial charge in [-0.25, -0.2) is 0 Å². The summed E-state index contributed by atoms with van der Waals surface area (Å²) < 4.78 is 11.2. The molecule has 3 rings (SSSR count). The average molecular weight is 285 g/mol. The van der Waals surface area contributed by atoms with Crippen molar-refractivity contribution in [3.05, 3.63) is 36.4 Å². The maximum Gasteiger partial charge on any atom is 0.251 e. The molecular formula is C16H19N3O2. The number of benzene rings is 1. The molecule has 0 aliphatic rings. The SMILES string of the molecule is CC(C)(C)NCCc1nnc(-c2coc3ccccc23)o1. The molecule has 3 aromatic rings. The second-order valence-electron chi connectivity index (χ2n) is 6.07. The molecule has 0 amide bonds. The summed E-state index contributed by atoms with van der Waals surface area (Å²) in [7, 11) is 0. The summed E-state index contributed by atoms with van der Waals surface area (Å²) in [4.78, 5) is 0. The van der Waals surface area contributed by atoms with E-state index in [0.717, 1.165) is 23.1 Å². The maximum absolute atomic E-state index is 5.73. The second-order valence-corrected chi connectivity index (χ2v) is 6.07. The number of aromatic nitrogens is 2. The molecule has 0 aliphatic heterocycles. The van der Waals surface area contributed by atoms with Crippen LogP contribution in [0.15, 0.2) is 39.4 Å². The summed E-state index contributed by atoms with van der Waals surface area (Å²) in [5, 5.41) is 12.6. The minimum Gasteiger partial charge on any atom is -0.463 e. The van der Waals surface area contributed by atoms with Gasteiger partial charge in [-0.15, -0.1) is 10.2 Å². The number of rotatable bonds is 4. The van der Waals surface area contributed by atoms with Crippen molar-refractivity contribution in [2.45, 2.75) is 32.7 Å². The Labute approximate surface area is 123 Å². The van der Waals surface area contributed by atoms with E-state index in [4.69, 9.17) is 8.83 Å². The third-order valence-corrected chi connectivity index (χ3v) is 3.17. The van der Waals surface area contributed by atoms with Crippen molar-refractivity contribution in [1.29, 1.82) is 0 Å². The molecule has 0 bridgehead atoms. The van der Waals surface area contributed by atoms with Crippen LogP contribution in [0.1, 0.15) is 26.7 Å². The molecule has 2 heterocycles. The number of para-hydroxylation sites is 1. The molecule has 0 radical (unpaired) electrons. The van der Waals surface area contributed by atoms with Crippen LogP contribution >= 0.6 is 0 Å². The fraction of sp³-hybridized carbons (Fsp3) is 0.375. The summed E-state index contributed by atoms with van der Waals surface area (Å²) in [5.41, 5.74) is 1.75. The Bertz CT molecular complexity index is 737. The largest absolute Gasteiger partial charge is 0.463 e. The Morgan fingerprint density at radius 3 is 2.76 bits per heavy atom. The van der Waals surface area contributed by atoms with Crippen LogP contribution in [-0.4, -0.2) is 22.3 Å². The highest BCUT2D eigenvalue weighted by Gasteiger charge is 2.15. The normalized spacial score (nSPS) is 12.1. The Kier molecular flexibility index (Phi) is 3.51. The van der Waals surface area contributed by atoms with Gasteiger partial charge >= 0.3 is 0 Å². The van der Waals surface area contributed by atoms with Crippen LogP contribution in [0.3, 0.4) is 0 Å². The van der Waals surface area contributed by atoms with Crippen LogP contribution in [0, 0.1) is 0 Å². The lowest BCUT2D eigenvalue weighted by Gasteiger charge is -2.19. The first kappa shape index (κ1) is 13.8. The van der Waals surface area contributed by atoms with E-state index in [1.165, 1.54) is 0 Å². The third-order valence-electron chi connectivity index (χ3n) is 3.17. The van der Waals surface area contributed by atoms with Crippen molar-refractivity contribution < 1.29 is 8.83 Å². The molecule has 0 saturated carbocycles. The van der Waals surface area contributed by atoms with E-state index in [-0.39, 0.29) is 5.54 Å². The molecule has 0 saturated heterocycles. The van der Waals surface area contributed by atoms with Crippen LogP contribution < -0.4 is 5.32 Å². The van der Waals surface area contributed by atoms with Crippen molar-refractivity contribution in [3.8, 4) is 11.5 Å². The molecule has 0 aliphatic carbocycles. The van der Waals surface area contributed by atoms with Gasteiger partial charge in [0.2, 0.25) is 5.89 Å². The molecule has 1 aromatic carbocycles. The van der Waals surface area contributed by atoms with E-state index in [1.807, 2.05) is 24.3 Å². The highest BCUT2D eigenvalue weighted by atomic mass is 16.4. The van der Waals surface area contributed by atoms with E-state index in [1.54, 1.807) is 6.26 Å². The number of furan rings is 1. The molecule has 0 unspecified atom stereocenters. The van der Waals surface area contributed by atoms with Crippen LogP contribution in [0.25, 0.3) is 22.4 Å². The summed E-state index contributed by atoms with van der Waals surface area (Å²) in [6.07, 6.45) is 2.37. The quantitative estimate of drug-likeness (QED) is 0.795. The van der Waals surface area contributed by atoms with E-state index in [0.29, 0.717) is 18.2 Å². The first-order chi connectivity index (χ1) is 10.0. The Morgan fingerprint density at radius 2 is 1.95 bits per heavy atom. The maximum atomic E-state index is 5.73. The second kappa shape index (κ2) is 5.33. The van der Waals surface area contributed by atoms with Gasteiger partial charge in [0.25, 0.3) is 5.89 Å². The molecule has 0 fully saturated rings. The van der Waals surface area contributed by atoms with Crippen molar-refractivity contribution in [2.75, 3.05) is 6.54 Å². The molecule has 5 nitrogen and oxygen atoms in total. The van der Waals surface area contributed by atoms with Gasteiger partial charge in [-0.2, -0.15) is 0 Å². The summed E-state index contributed by atoms with van der Waals surface area (Å²) in [5.74, 6) is 1.14. The Morgan fingerprint density at radius 1 is 1.14 bits per heavy atom. The molecule has 1 N–H and O–H groups in total. The van der Waals surface area contributed by atoms with Crippen LogP contribution in [0.2, 0.25) is 0 Å². The molecule has 0 atom stereocenters. The first-order valence-electron chi connectivity index (χ1n) is 7.07. The predicted molar refractivity (Wildman–Crippen MR) is 81.0 cm³/mol. The fourth-order valence-electron chi connectivity index (χ4n) is 2.15. The van der Waals surface area contributed by atoms with Crippen molar-refractivity contribution >= 4 is 11.0 Å². The fourth-order valence-corrected chi connectivity index (χ4v) is 2.15. The van der Waals surface area contributed by atoms with Gasteiger partial charge in [-0.05, 0) is 26.8 Å². The molecule has 110 valence electrons. The summed E-state index contributed by atoms with van der Waals surface area (Å²) in [6, 6.07) is 7.81.